The number of nitrogens with one attached hydrogen (secondary N) is 1. The second-order valence-corrected chi connectivity index (χ2v) is 4.45. The minimum atomic E-state index is -0.955. The number of carboxylic acid groups (broad SMARTS) is 1. The second-order valence-electron chi connectivity index (χ2n) is 4.45. The fraction of sp³-hybridized carbons (Fsp3) is 0.125. The first-order valence-corrected chi connectivity index (χ1v) is 6.55. The van der Waals surface area contributed by atoms with Crippen LogP contribution in [0.2, 0.25) is 0 Å². The minimum absolute atomic E-state index is 0.214. The monoisotopic (exact) mass is 284 g/mol. The number of anilines is 1. The van der Waals surface area contributed by atoms with E-state index in [0.29, 0.717) is 5.69 Å². The Morgan fingerprint density at radius 2 is 1.62 bits per heavy atom. The molecule has 0 unspecified atom stereocenters. The molecule has 0 atom stereocenters. The van der Waals surface area contributed by atoms with Crippen LogP contribution in [0.15, 0.2) is 53.6 Å². The summed E-state index contributed by atoms with van der Waals surface area (Å²) in [5.41, 5.74) is 5.62. The first kappa shape index (κ1) is 14.6. The maximum Gasteiger partial charge on any atom is 0.335 e. The minimum Gasteiger partial charge on any atom is -0.508 e. The van der Waals surface area contributed by atoms with Crippen LogP contribution in [0.1, 0.15) is 29.3 Å². The number of aromatic carboxylic acids is 1. The molecule has 108 valence electrons. The van der Waals surface area contributed by atoms with Crippen LogP contribution in [0, 0.1) is 0 Å². The molecule has 21 heavy (non-hydrogen) atoms. The maximum absolute atomic E-state index is 10.8. The van der Waals surface area contributed by atoms with Crippen LogP contribution in [-0.2, 0) is 0 Å². The first-order valence-electron chi connectivity index (χ1n) is 6.55. The smallest absolute Gasteiger partial charge is 0.335 e. The number of nitrogens with zero attached hydrogens (tertiary/aromatic N) is 1. The lowest BCUT2D eigenvalue weighted by atomic mass is 10.1. The number of aromatic hydroxyl groups is 1. The first-order chi connectivity index (χ1) is 10.1. The van der Waals surface area contributed by atoms with E-state index in [4.69, 9.17) is 5.11 Å². The summed E-state index contributed by atoms with van der Waals surface area (Å²) >= 11 is 0. The van der Waals surface area contributed by atoms with E-state index in [1.165, 1.54) is 12.1 Å². The van der Waals surface area contributed by atoms with Crippen LogP contribution in [0.3, 0.4) is 0 Å². The van der Waals surface area contributed by atoms with E-state index in [-0.39, 0.29) is 11.3 Å². The Labute approximate surface area is 122 Å². The highest BCUT2D eigenvalue weighted by Crippen LogP contribution is 2.14. The number of hydrogen-bond acceptors (Lipinski definition) is 4. The number of carboxylic acids is 1. The van der Waals surface area contributed by atoms with Crippen molar-refractivity contribution in [2.75, 3.05) is 5.43 Å². The normalized spacial score (nSPS) is 11.2. The summed E-state index contributed by atoms with van der Waals surface area (Å²) in [5, 5.41) is 22.4. The predicted molar refractivity (Wildman–Crippen MR) is 82.0 cm³/mol. The lowest BCUT2D eigenvalue weighted by Gasteiger charge is -2.06. The van der Waals surface area contributed by atoms with Gasteiger partial charge in [-0.2, -0.15) is 5.10 Å². The van der Waals surface area contributed by atoms with E-state index in [1.807, 2.05) is 6.92 Å². The number of benzene rings is 2. The molecule has 0 bridgehead atoms. The average Bonchev–Trinajstić information content (AvgIpc) is 2.50. The fourth-order valence-electron chi connectivity index (χ4n) is 1.82. The second kappa shape index (κ2) is 6.56. The summed E-state index contributed by atoms with van der Waals surface area (Å²) in [5.74, 6) is -0.741. The summed E-state index contributed by atoms with van der Waals surface area (Å²) < 4.78 is 0. The Morgan fingerprint density at radius 3 is 2.14 bits per heavy atom. The van der Waals surface area contributed by atoms with Crippen molar-refractivity contribution < 1.29 is 15.0 Å². The lowest BCUT2D eigenvalue weighted by Crippen LogP contribution is -2.03. The van der Waals surface area contributed by atoms with Gasteiger partial charge in [-0.1, -0.05) is 6.92 Å². The highest BCUT2D eigenvalue weighted by atomic mass is 16.4. The van der Waals surface area contributed by atoms with Gasteiger partial charge in [0.2, 0.25) is 0 Å². The van der Waals surface area contributed by atoms with E-state index < -0.39 is 5.97 Å². The van der Waals surface area contributed by atoms with Gasteiger partial charge >= 0.3 is 5.97 Å². The summed E-state index contributed by atoms with van der Waals surface area (Å²) in [7, 11) is 0. The third kappa shape index (κ3) is 3.82. The summed E-state index contributed by atoms with van der Waals surface area (Å²) in [6.07, 6.45) is 0.727. The van der Waals surface area contributed by atoms with Gasteiger partial charge in [0, 0.05) is 0 Å². The van der Waals surface area contributed by atoms with Crippen LogP contribution < -0.4 is 5.43 Å². The molecule has 0 saturated carbocycles. The van der Waals surface area contributed by atoms with Gasteiger partial charge in [-0.15, -0.1) is 0 Å². The molecule has 0 saturated heterocycles. The molecule has 0 fully saturated rings. The molecular formula is C16H16N2O3. The van der Waals surface area contributed by atoms with Crippen LogP contribution in [0.25, 0.3) is 0 Å². The highest BCUT2D eigenvalue weighted by Gasteiger charge is 2.03. The van der Waals surface area contributed by atoms with Gasteiger partial charge < -0.3 is 10.2 Å². The zero-order chi connectivity index (χ0) is 15.2. The van der Waals surface area contributed by atoms with Gasteiger partial charge in [0.05, 0.1) is 17.0 Å². The topological polar surface area (TPSA) is 81.9 Å². The Balaban J connectivity index is 2.13. The van der Waals surface area contributed by atoms with Crippen LogP contribution in [0.5, 0.6) is 5.75 Å². The van der Waals surface area contributed by atoms with Gasteiger partial charge in [-0.05, 0) is 60.5 Å². The largest absolute Gasteiger partial charge is 0.508 e. The van der Waals surface area contributed by atoms with Gasteiger partial charge in [-0.25, -0.2) is 4.79 Å². The molecule has 5 nitrogen and oxygen atoms in total. The molecule has 5 heteroatoms. The van der Waals surface area contributed by atoms with Crippen LogP contribution in [0.4, 0.5) is 5.69 Å². The number of carbonyl (C=O) groups is 1. The molecule has 0 amide bonds. The van der Waals surface area contributed by atoms with Crippen LogP contribution in [-0.4, -0.2) is 21.9 Å². The van der Waals surface area contributed by atoms with E-state index in [2.05, 4.69) is 10.5 Å². The predicted octanol–water partition coefficient (Wildman–Crippen LogP) is 3.32. The van der Waals surface area contributed by atoms with Gasteiger partial charge in [0.25, 0.3) is 0 Å². The number of phenolic OH excluding ortho intramolecular Hbond substituents is 1. The molecule has 0 aliphatic rings. The lowest BCUT2D eigenvalue weighted by molar-refractivity contribution is 0.0697. The van der Waals surface area contributed by atoms with E-state index >= 15 is 0 Å². The van der Waals surface area contributed by atoms with Gasteiger partial charge in [-0.3, -0.25) is 5.43 Å². The molecule has 3 N–H and O–H groups in total. The number of rotatable bonds is 5. The molecule has 2 aromatic rings. The van der Waals surface area contributed by atoms with Crippen molar-refractivity contribution >= 4 is 17.4 Å². The summed E-state index contributed by atoms with van der Waals surface area (Å²) in [6.45, 7) is 1.99. The fourth-order valence-corrected chi connectivity index (χ4v) is 1.82. The highest BCUT2D eigenvalue weighted by molar-refractivity contribution is 6.00. The quantitative estimate of drug-likeness (QED) is 0.581. The molecule has 2 rings (SSSR count). The van der Waals surface area contributed by atoms with Crippen molar-refractivity contribution in [3.63, 3.8) is 0 Å². The van der Waals surface area contributed by atoms with Crippen molar-refractivity contribution in [1.82, 2.24) is 0 Å². The van der Waals surface area contributed by atoms with E-state index in [1.54, 1.807) is 36.4 Å². The van der Waals surface area contributed by atoms with Crippen molar-refractivity contribution in [3.8, 4) is 5.75 Å². The van der Waals surface area contributed by atoms with Gasteiger partial charge in [0.15, 0.2) is 0 Å². The third-order valence-electron chi connectivity index (χ3n) is 2.99. The molecule has 0 aromatic heterocycles. The standard InChI is InChI=1S/C16H16N2O3/c1-2-15(11-5-9-14(19)10-6-11)18-17-13-7-3-12(4-8-13)16(20)21/h3-10,17,19H,2H2,1H3,(H,20,21). The molecule has 0 aliphatic heterocycles. The van der Waals surface area contributed by atoms with Crippen molar-refractivity contribution in [2.45, 2.75) is 13.3 Å². The molecule has 0 spiro atoms. The Morgan fingerprint density at radius 1 is 1.05 bits per heavy atom. The molecule has 2 aromatic carbocycles. The molecule has 0 aliphatic carbocycles. The zero-order valence-electron chi connectivity index (χ0n) is 11.6. The average molecular weight is 284 g/mol. The Bertz CT molecular complexity index is 646. The van der Waals surface area contributed by atoms with E-state index in [0.717, 1.165) is 17.7 Å². The summed E-state index contributed by atoms with van der Waals surface area (Å²) in [4.78, 5) is 10.8. The zero-order valence-corrected chi connectivity index (χ0v) is 11.6. The number of hydrazone groups is 1. The van der Waals surface area contributed by atoms with Crippen molar-refractivity contribution in [3.05, 3.63) is 59.7 Å². The number of hydrogen-bond donors (Lipinski definition) is 3. The number of phenols is 1. The Hall–Kier alpha value is -2.82. The van der Waals surface area contributed by atoms with Crippen molar-refractivity contribution in [2.24, 2.45) is 5.10 Å². The van der Waals surface area contributed by atoms with Crippen LogP contribution >= 0.6 is 0 Å². The molecule has 0 heterocycles. The van der Waals surface area contributed by atoms with Gasteiger partial charge in [0.1, 0.15) is 5.75 Å². The van der Waals surface area contributed by atoms with E-state index in [9.17, 15) is 9.90 Å². The SMILES string of the molecule is CCC(=NNc1ccc(C(=O)O)cc1)c1ccc(O)cc1. The van der Waals surface area contributed by atoms with Crippen molar-refractivity contribution in [1.29, 1.82) is 0 Å². The molecule has 0 radical (unpaired) electrons. The molecular weight excluding hydrogens is 268 g/mol. The Kier molecular flexibility index (Phi) is 4.56. The summed E-state index contributed by atoms with van der Waals surface area (Å²) in [6, 6.07) is 13.2. The maximum atomic E-state index is 10.8. The third-order valence-corrected chi connectivity index (χ3v) is 2.99.